The standard InChI is InChI=1S/C17H21ClF3N5O.HI/c1-22-16(23-10-12-11-26(3)24-15(12)17(19,20)21)25(2)7-8-27-14-6-4-5-13(18)9-14;/h4-6,9,11H,7-8,10H2,1-3H3,(H,22,23);1H. The van der Waals surface area contributed by atoms with E-state index in [1.807, 2.05) is 0 Å². The average molecular weight is 532 g/mol. The van der Waals surface area contributed by atoms with Crippen molar-refractivity contribution in [2.45, 2.75) is 12.7 Å². The van der Waals surface area contributed by atoms with Gasteiger partial charge in [-0.2, -0.15) is 18.3 Å². The molecule has 0 spiro atoms. The van der Waals surface area contributed by atoms with Gasteiger partial charge in [0, 0.05) is 44.5 Å². The molecule has 2 aromatic rings. The summed E-state index contributed by atoms with van der Waals surface area (Å²) in [4.78, 5) is 5.85. The highest BCUT2D eigenvalue weighted by Crippen LogP contribution is 2.30. The van der Waals surface area contributed by atoms with Crippen LogP contribution in [0.3, 0.4) is 0 Å². The van der Waals surface area contributed by atoms with Gasteiger partial charge < -0.3 is 15.0 Å². The van der Waals surface area contributed by atoms with E-state index >= 15 is 0 Å². The summed E-state index contributed by atoms with van der Waals surface area (Å²) < 4.78 is 45.8. The summed E-state index contributed by atoms with van der Waals surface area (Å²) in [6.45, 7) is 0.790. The second-order valence-corrected chi connectivity index (χ2v) is 6.24. The SMILES string of the molecule is CN=C(NCc1cn(C)nc1C(F)(F)F)N(C)CCOc1cccc(Cl)c1.I. The number of benzene rings is 1. The molecule has 6 nitrogen and oxygen atoms in total. The van der Waals surface area contributed by atoms with Gasteiger partial charge in [0.1, 0.15) is 12.4 Å². The summed E-state index contributed by atoms with van der Waals surface area (Å²) in [5, 5.41) is 6.98. The molecule has 0 atom stereocenters. The Labute approximate surface area is 183 Å². The van der Waals surface area contributed by atoms with Crippen LogP contribution in [0.4, 0.5) is 13.2 Å². The lowest BCUT2D eigenvalue weighted by Gasteiger charge is -2.22. The molecule has 0 aliphatic rings. The van der Waals surface area contributed by atoms with E-state index < -0.39 is 11.9 Å². The predicted molar refractivity (Wildman–Crippen MR) is 113 cm³/mol. The van der Waals surface area contributed by atoms with Crippen LogP contribution < -0.4 is 10.1 Å². The Bertz CT molecular complexity index is 797. The second-order valence-electron chi connectivity index (χ2n) is 5.80. The fourth-order valence-electron chi connectivity index (χ4n) is 2.43. The number of nitrogens with one attached hydrogen (secondary N) is 1. The van der Waals surface area contributed by atoms with Crippen LogP contribution in [-0.4, -0.2) is 47.9 Å². The molecular formula is C17H22ClF3IN5O. The molecule has 11 heteroatoms. The number of likely N-dealkylation sites (N-methyl/N-ethyl adjacent to an activating group) is 1. The van der Waals surface area contributed by atoms with Gasteiger partial charge in [-0.05, 0) is 18.2 Å². The molecule has 1 heterocycles. The molecule has 0 amide bonds. The van der Waals surface area contributed by atoms with E-state index in [1.165, 1.54) is 13.2 Å². The van der Waals surface area contributed by atoms with Crippen LogP contribution in [0.25, 0.3) is 0 Å². The number of ether oxygens (including phenoxy) is 1. The van der Waals surface area contributed by atoms with Gasteiger partial charge >= 0.3 is 6.18 Å². The topological polar surface area (TPSA) is 54.7 Å². The van der Waals surface area contributed by atoms with Crippen LogP contribution in [-0.2, 0) is 19.8 Å². The lowest BCUT2D eigenvalue weighted by molar-refractivity contribution is -0.142. The first-order valence-electron chi connectivity index (χ1n) is 8.10. The molecule has 0 aliphatic heterocycles. The van der Waals surface area contributed by atoms with Crippen LogP contribution in [0.1, 0.15) is 11.3 Å². The fraction of sp³-hybridized carbons (Fsp3) is 0.412. The third kappa shape index (κ3) is 7.04. The fourth-order valence-corrected chi connectivity index (χ4v) is 2.61. The number of aryl methyl sites for hydroxylation is 1. The van der Waals surface area contributed by atoms with Crippen LogP contribution in [0.15, 0.2) is 35.5 Å². The van der Waals surface area contributed by atoms with Crippen molar-refractivity contribution < 1.29 is 17.9 Å². The summed E-state index contributed by atoms with van der Waals surface area (Å²) in [7, 11) is 4.78. The number of aromatic nitrogens is 2. The van der Waals surface area contributed by atoms with Gasteiger partial charge in [-0.25, -0.2) is 0 Å². The van der Waals surface area contributed by atoms with Crippen molar-refractivity contribution in [3.63, 3.8) is 0 Å². The minimum absolute atomic E-state index is 0. The third-order valence-corrected chi connectivity index (χ3v) is 3.91. The van der Waals surface area contributed by atoms with E-state index in [1.54, 1.807) is 43.3 Å². The van der Waals surface area contributed by atoms with Crippen molar-refractivity contribution >= 4 is 41.5 Å². The van der Waals surface area contributed by atoms with Gasteiger partial charge in [-0.15, -0.1) is 24.0 Å². The Morgan fingerprint density at radius 3 is 2.71 bits per heavy atom. The molecular weight excluding hydrogens is 510 g/mol. The number of hydrogen-bond acceptors (Lipinski definition) is 3. The number of aliphatic imine (C=N–C) groups is 1. The van der Waals surface area contributed by atoms with Crippen LogP contribution in [0.2, 0.25) is 5.02 Å². The van der Waals surface area contributed by atoms with Gasteiger partial charge in [0.05, 0.1) is 6.54 Å². The van der Waals surface area contributed by atoms with Crippen molar-refractivity contribution in [3.05, 3.63) is 46.7 Å². The van der Waals surface area contributed by atoms with Gasteiger partial charge in [-0.1, -0.05) is 17.7 Å². The Morgan fingerprint density at radius 1 is 1.39 bits per heavy atom. The lowest BCUT2D eigenvalue weighted by atomic mass is 10.2. The number of hydrogen-bond donors (Lipinski definition) is 1. The molecule has 1 aromatic carbocycles. The van der Waals surface area contributed by atoms with Crippen molar-refractivity contribution in [1.82, 2.24) is 20.0 Å². The zero-order valence-corrected chi connectivity index (χ0v) is 18.7. The first-order valence-corrected chi connectivity index (χ1v) is 8.48. The molecule has 0 saturated heterocycles. The van der Waals surface area contributed by atoms with E-state index in [-0.39, 0.29) is 36.1 Å². The molecule has 1 N–H and O–H groups in total. The maximum atomic E-state index is 13.0. The maximum Gasteiger partial charge on any atom is 0.435 e. The summed E-state index contributed by atoms with van der Waals surface area (Å²) in [6, 6.07) is 7.03. The van der Waals surface area contributed by atoms with Gasteiger partial charge in [0.15, 0.2) is 11.7 Å². The van der Waals surface area contributed by atoms with Crippen LogP contribution in [0.5, 0.6) is 5.75 Å². The number of alkyl halides is 3. The molecule has 2 rings (SSSR count). The van der Waals surface area contributed by atoms with E-state index in [2.05, 4.69) is 15.4 Å². The van der Waals surface area contributed by atoms with E-state index in [0.29, 0.717) is 29.9 Å². The lowest BCUT2D eigenvalue weighted by Crippen LogP contribution is -2.40. The first-order chi connectivity index (χ1) is 12.7. The number of halogens is 5. The Hall–Kier alpha value is -1.69. The average Bonchev–Trinajstić information content (AvgIpc) is 2.97. The van der Waals surface area contributed by atoms with Crippen LogP contribution >= 0.6 is 35.6 Å². The normalized spacial score (nSPS) is 11.8. The van der Waals surface area contributed by atoms with Gasteiger partial charge in [0.25, 0.3) is 0 Å². The number of rotatable bonds is 6. The van der Waals surface area contributed by atoms with Crippen molar-refractivity contribution in [3.8, 4) is 5.75 Å². The Morgan fingerprint density at radius 2 is 2.11 bits per heavy atom. The molecule has 0 bridgehead atoms. The quantitative estimate of drug-likeness (QED) is 0.350. The number of nitrogens with zero attached hydrogens (tertiary/aromatic N) is 4. The smallest absolute Gasteiger partial charge is 0.435 e. The summed E-state index contributed by atoms with van der Waals surface area (Å²) in [5.74, 6) is 1.09. The Balaban J connectivity index is 0.00000392. The summed E-state index contributed by atoms with van der Waals surface area (Å²) >= 11 is 5.90. The van der Waals surface area contributed by atoms with Crippen molar-refractivity contribution in [2.75, 3.05) is 27.2 Å². The van der Waals surface area contributed by atoms with Gasteiger partial charge in [-0.3, -0.25) is 9.67 Å². The molecule has 156 valence electrons. The highest BCUT2D eigenvalue weighted by atomic mass is 127. The first kappa shape index (κ1) is 24.3. The number of guanidine groups is 1. The Kier molecular flexibility index (Phi) is 9.34. The molecule has 0 unspecified atom stereocenters. The molecule has 0 fully saturated rings. The van der Waals surface area contributed by atoms with Crippen molar-refractivity contribution in [2.24, 2.45) is 12.0 Å². The van der Waals surface area contributed by atoms with E-state index in [4.69, 9.17) is 16.3 Å². The highest BCUT2D eigenvalue weighted by molar-refractivity contribution is 14.0. The molecule has 0 aliphatic carbocycles. The van der Waals surface area contributed by atoms with E-state index in [9.17, 15) is 13.2 Å². The molecule has 0 saturated carbocycles. The van der Waals surface area contributed by atoms with E-state index in [0.717, 1.165) is 4.68 Å². The molecule has 0 radical (unpaired) electrons. The largest absolute Gasteiger partial charge is 0.492 e. The zero-order valence-electron chi connectivity index (χ0n) is 15.6. The predicted octanol–water partition coefficient (Wildman–Crippen LogP) is 3.80. The highest BCUT2D eigenvalue weighted by Gasteiger charge is 2.36. The minimum Gasteiger partial charge on any atom is -0.492 e. The summed E-state index contributed by atoms with van der Waals surface area (Å²) in [6.07, 6.45) is -3.16. The van der Waals surface area contributed by atoms with Crippen molar-refractivity contribution in [1.29, 1.82) is 0 Å². The monoisotopic (exact) mass is 531 g/mol. The van der Waals surface area contributed by atoms with Gasteiger partial charge in [0.2, 0.25) is 0 Å². The van der Waals surface area contributed by atoms with Crippen LogP contribution in [0, 0.1) is 0 Å². The molecule has 1 aromatic heterocycles. The maximum absolute atomic E-state index is 13.0. The second kappa shape index (κ2) is 10.7. The third-order valence-electron chi connectivity index (χ3n) is 3.67. The minimum atomic E-state index is -4.50. The summed E-state index contributed by atoms with van der Waals surface area (Å²) in [5.41, 5.74) is -0.852. The molecule has 28 heavy (non-hydrogen) atoms. The zero-order chi connectivity index (χ0) is 20.0.